The van der Waals surface area contributed by atoms with E-state index in [1.54, 1.807) is 0 Å². The van der Waals surface area contributed by atoms with Crippen molar-refractivity contribution in [3.8, 4) is 5.75 Å². The second-order valence-corrected chi connectivity index (χ2v) is 6.38. The van der Waals surface area contributed by atoms with Gasteiger partial charge in [0.1, 0.15) is 17.6 Å². The van der Waals surface area contributed by atoms with Crippen LogP contribution in [0.2, 0.25) is 0 Å². The lowest BCUT2D eigenvalue weighted by atomic mass is 9.70. The summed E-state index contributed by atoms with van der Waals surface area (Å²) in [5, 5.41) is 11.2. The van der Waals surface area contributed by atoms with Gasteiger partial charge in [-0.25, -0.2) is 4.79 Å². The average Bonchev–Trinajstić information content (AvgIpc) is 3.09. The smallest absolute Gasteiger partial charge is 0.341 e. The van der Waals surface area contributed by atoms with Gasteiger partial charge in [0.25, 0.3) is 0 Å². The lowest BCUT2D eigenvalue weighted by Gasteiger charge is -2.32. The van der Waals surface area contributed by atoms with Crippen LogP contribution < -0.4 is 0 Å². The van der Waals surface area contributed by atoms with Crippen LogP contribution in [0.15, 0.2) is 22.8 Å². The van der Waals surface area contributed by atoms with E-state index in [9.17, 15) is 14.7 Å². The maximum Gasteiger partial charge on any atom is 0.341 e. The van der Waals surface area contributed by atoms with Gasteiger partial charge in [-0.1, -0.05) is 12.2 Å². The summed E-state index contributed by atoms with van der Waals surface area (Å²) in [5.41, 5.74) is 1.53. The minimum atomic E-state index is -0.573. The molecule has 1 aromatic heterocycles. The van der Waals surface area contributed by atoms with Crippen LogP contribution in [-0.2, 0) is 9.53 Å². The van der Waals surface area contributed by atoms with Crippen molar-refractivity contribution in [2.45, 2.75) is 25.7 Å². The standard InChI is InChI=1S/C18H16O5/c1-18-6-5-9-7-10-11(17(21)22-2)8-23-16(10)15(20)14(9)12(18)3-4-13(18)19/h5-8,12,20H,3-4H2,1-2H3/t12-,18-/m0/s1. The van der Waals surface area contributed by atoms with Crippen LogP contribution in [0.4, 0.5) is 0 Å². The fraction of sp³-hybridized carbons (Fsp3) is 0.333. The molecule has 2 aliphatic carbocycles. The van der Waals surface area contributed by atoms with Crippen molar-refractivity contribution in [1.82, 2.24) is 0 Å². The van der Waals surface area contributed by atoms with Gasteiger partial charge in [0.15, 0.2) is 11.3 Å². The second kappa shape index (κ2) is 4.47. The summed E-state index contributed by atoms with van der Waals surface area (Å²) in [6, 6.07) is 1.82. The van der Waals surface area contributed by atoms with Crippen LogP contribution in [0.1, 0.15) is 47.2 Å². The molecule has 2 aromatic rings. The number of hydrogen-bond acceptors (Lipinski definition) is 5. The SMILES string of the molecule is COC(=O)c1coc2c(O)c3c(cc12)C=C[C@]1(C)C(=O)CC[C@@H]31. The predicted octanol–water partition coefficient (Wildman–Crippen LogP) is 3.40. The number of esters is 1. The first-order chi connectivity index (χ1) is 11.0. The Balaban J connectivity index is 1.99. The summed E-state index contributed by atoms with van der Waals surface area (Å²) in [6.45, 7) is 1.91. The Labute approximate surface area is 132 Å². The third-order valence-electron chi connectivity index (χ3n) is 5.26. The topological polar surface area (TPSA) is 76.7 Å². The van der Waals surface area contributed by atoms with Gasteiger partial charge < -0.3 is 14.3 Å². The molecule has 1 N–H and O–H groups in total. The Morgan fingerprint density at radius 3 is 3.00 bits per heavy atom. The molecular weight excluding hydrogens is 296 g/mol. The lowest BCUT2D eigenvalue weighted by Crippen LogP contribution is -2.27. The highest BCUT2D eigenvalue weighted by molar-refractivity contribution is 6.06. The van der Waals surface area contributed by atoms with Gasteiger partial charge in [-0.15, -0.1) is 0 Å². The van der Waals surface area contributed by atoms with Crippen LogP contribution in [-0.4, -0.2) is 24.0 Å². The molecule has 2 atom stereocenters. The molecule has 1 heterocycles. The predicted molar refractivity (Wildman–Crippen MR) is 83.3 cm³/mol. The molecule has 0 spiro atoms. The number of ketones is 1. The van der Waals surface area contributed by atoms with Crippen molar-refractivity contribution in [3.63, 3.8) is 0 Å². The number of phenols is 1. The summed E-state index contributed by atoms with van der Waals surface area (Å²) in [7, 11) is 1.30. The second-order valence-electron chi connectivity index (χ2n) is 6.38. The fourth-order valence-electron chi connectivity index (χ4n) is 3.91. The summed E-state index contributed by atoms with van der Waals surface area (Å²) in [6.07, 6.45) is 6.27. The molecule has 23 heavy (non-hydrogen) atoms. The molecular formula is C18H16O5. The van der Waals surface area contributed by atoms with E-state index in [-0.39, 0.29) is 28.6 Å². The van der Waals surface area contributed by atoms with E-state index in [1.165, 1.54) is 13.4 Å². The van der Waals surface area contributed by atoms with Crippen molar-refractivity contribution in [2.75, 3.05) is 7.11 Å². The first-order valence-corrected chi connectivity index (χ1v) is 7.55. The van der Waals surface area contributed by atoms with Crippen LogP contribution >= 0.6 is 0 Å². The monoisotopic (exact) mass is 312 g/mol. The number of fused-ring (bicyclic) bond motifs is 4. The van der Waals surface area contributed by atoms with Crippen LogP contribution in [0, 0.1) is 5.41 Å². The van der Waals surface area contributed by atoms with Gasteiger partial charge in [0.2, 0.25) is 0 Å². The first kappa shape index (κ1) is 14.1. The fourth-order valence-corrected chi connectivity index (χ4v) is 3.91. The molecule has 1 saturated carbocycles. The third kappa shape index (κ3) is 1.67. The van der Waals surface area contributed by atoms with Crippen molar-refractivity contribution in [3.05, 3.63) is 35.1 Å². The first-order valence-electron chi connectivity index (χ1n) is 7.55. The number of allylic oxidation sites excluding steroid dienone is 1. The Morgan fingerprint density at radius 2 is 2.26 bits per heavy atom. The number of furan rings is 1. The number of rotatable bonds is 1. The Hall–Kier alpha value is -2.56. The number of Topliss-reactive ketones (excluding diaryl/α,β-unsaturated/α-hetero) is 1. The Bertz CT molecular complexity index is 888. The van der Waals surface area contributed by atoms with Gasteiger partial charge >= 0.3 is 5.97 Å². The van der Waals surface area contributed by atoms with Crippen LogP contribution in [0.3, 0.4) is 0 Å². The molecule has 4 rings (SSSR count). The van der Waals surface area contributed by atoms with Crippen molar-refractivity contribution in [2.24, 2.45) is 5.41 Å². The zero-order valence-electron chi connectivity index (χ0n) is 12.9. The van der Waals surface area contributed by atoms with Gasteiger partial charge in [0.05, 0.1) is 12.5 Å². The van der Waals surface area contributed by atoms with Crippen molar-refractivity contribution in [1.29, 1.82) is 0 Å². The molecule has 0 saturated heterocycles. The minimum absolute atomic E-state index is 0.0166. The van der Waals surface area contributed by atoms with E-state index in [0.29, 0.717) is 18.2 Å². The molecule has 118 valence electrons. The summed E-state index contributed by atoms with van der Waals surface area (Å²) >= 11 is 0. The summed E-state index contributed by atoms with van der Waals surface area (Å²) < 4.78 is 10.2. The average molecular weight is 312 g/mol. The maximum atomic E-state index is 12.2. The molecule has 5 nitrogen and oxygen atoms in total. The van der Waals surface area contributed by atoms with E-state index in [2.05, 4.69) is 0 Å². The maximum absolute atomic E-state index is 12.2. The van der Waals surface area contributed by atoms with Gasteiger partial charge in [-0.05, 0) is 25.0 Å². The largest absolute Gasteiger partial charge is 0.504 e. The molecule has 2 aliphatic rings. The molecule has 0 amide bonds. The molecule has 1 fully saturated rings. The van der Waals surface area contributed by atoms with E-state index < -0.39 is 11.4 Å². The summed E-state index contributed by atoms with van der Waals surface area (Å²) in [4.78, 5) is 24.0. The number of phenolic OH excluding ortho intramolecular Hbond substituents is 1. The lowest BCUT2D eigenvalue weighted by molar-refractivity contribution is -0.123. The highest BCUT2D eigenvalue weighted by atomic mass is 16.5. The van der Waals surface area contributed by atoms with Crippen molar-refractivity contribution >= 4 is 28.8 Å². The number of ether oxygens (including phenoxy) is 1. The highest BCUT2D eigenvalue weighted by Crippen LogP contribution is 2.55. The quantitative estimate of drug-likeness (QED) is 0.817. The number of carbonyl (C=O) groups excluding carboxylic acids is 2. The van der Waals surface area contributed by atoms with E-state index in [0.717, 1.165) is 11.1 Å². The molecule has 0 aliphatic heterocycles. The molecule has 1 aromatic carbocycles. The van der Waals surface area contributed by atoms with Crippen molar-refractivity contribution < 1.29 is 23.8 Å². The third-order valence-corrected chi connectivity index (χ3v) is 5.26. The molecule has 5 heteroatoms. The molecule has 0 bridgehead atoms. The number of aromatic hydroxyl groups is 1. The van der Waals surface area contributed by atoms with Gasteiger partial charge in [-0.3, -0.25) is 4.79 Å². The number of hydrogen-bond donors (Lipinski definition) is 1. The number of methoxy groups -OCH3 is 1. The van der Waals surface area contributed by atoms with Crippen LogP contribution in [0.25, 0.3) is 17.0 Å². The van der Waals surface area contributed by atoms with E-state index >= 15 is 0 Å². The van der Waals surface area contributed by atoms with Gasteiger partial charge in [-0.2, -0.15) is 0 Å². The zero-order chi connectivity index (χ0) is 16.4. The molecule has 0 radical (unpaired) electrons. The number of carbonyl (C=O) groups is 2. The minimum Gasteiger partial charge on any atom is -0.504 e. The number of benzene rings is 1. The Kier molecular flexibility index (Phi) is 2.73. The van der Waals surface area contributed by atoms with E-state index in [4.69, 9.17) is 9.15 Å². The normalized spacial score (nSPS) is 25.5. The highest BCUT2D eigenvalue weighted by Gasteiger charge is 2.48. The zero-order valence-corrected chi connectivity index (χ0v) is 12.9. The van der Waals surface area contributed by atoms with Crippen LogP contribution in [0.5, 0.6) is 5.75 Å². The molecule has 0 unspecified atom stereocenters. The van der Waals surface area contributed by atoms with E-state index in [1.807, 2.05) is 25.1 Å². The summed E-state index contributed by atoms with van der Waals surface area (Å²) in [5.74, 6) is -0.364. The Morgan fingerprint density at radius 1 is 1.48 bits per heavy atom. The van der Waals surface area contributed by atoms with Gasteiger partial charge in [0, 0.05) is 23.3 Å².